The molecule has 320 valence electrons. The van der Waals surface area contributed by atoms with Crippen molar-refractivity contribution in [2.45, 2.75) is 208 Å². The molecule has 4 saturated carbocycles. The Morgan fingerprint density at radius 1 is 0.357 bits per heavy atom. The van der Waals surface area contributed by atoms with Crippen LogP contribution in [0, 0.1) is 61.2 Å². The van der Waals surface area contributed by atoms with E-state index in [1.165, 1.54) is 152 Å². The average molecular weight is 769 g/mol. The molecule has 0 spiro atoms. The van der Waals surface area contributed by atoms with Crippen molar-refractivity contribution in [3.8, 4) is 0 Å². The van der Waals surface area contributed by atoms with E-state index in [1.54, 1.807) is 16.7 Å². The van der Waals surface area contributed by atoms with Gasteiger partial charge in [-0.1, -0.05) is 169 Å². The Labute approximate surface area is 354 Å². The van der Waals surface area contributed by atoms with Gasteiger partial charge >= 0.3 is 0 Å². The van der Waals surface area contributed by atoms with E-state index < -0.39 is 0 Å². The van der Waals surface area contributed by atoms with Crippen LogP contribution < -0.4 is 0 Å². The van der Waals surface area contributed by atoms with Gasteiger partial charge in [0.2, 0.25) is 0 Å². The van der Waals surface area contributed by atoms with E-state index in [4.69, 9.17) is 0 Å². The lowest BCUT2D eigenvalue weighted by Gasteiger charge is -2.34. The van der Waals surface area contributed by atoms with Crippen LogP contribution in [0.1, 0.15) is 223 Å². The van der Waals surface area contributed by atoms with Gasteiger partial charge in [0.05, 0.1) is 0 Å². The lowest BCUT2D eigenvalue weighted by atomic mass is 9.72. The maximum absolute atomic E-state index is 2.56. The van der Waals surface area contributed by atoms with Gasteiger partial charge in [0, 0.05) is 5.71 Å². The molecule has 0 N–H and O–H groups in total. The molecule has 8 rings (SSSR count). The summed E-state index contributed by atoms with van der Waals surface area (Å²) < 4.78 is 0. The summed E-state index contributed by atoms with van der Waals surface area (Å²) >= 11 is 0. The molecule has 6 aliphatic rings. The van der Waals surface area contributed by atoms with Gasteiger partial charge in [-0.25, -0.2) is 0 Å². The fourth-order valence-corrected chi connectivity index (χ4v) is 11.0. The molecule has 0 heterocycles. The van der Waals surface area contributed by atoms with Crippen molar-refractivity contribution in [3.05, 3.63) is 94.1 Å². The van der Waals surface area contributed by atoms with Crippen molar-refractivity contribution in [3.63, 3.8) is 0 Å². The van der Waals surface area contributed by atoms with Crippen LogP contribution in [0.5, 0.6) is 0 Å². The van der Waals surface area contributed by atoms with Gasteiger partial charge in [-0.3, -0.25) is 0 Å². The van der Waals surface area contributed by atoms with E-state index in [2.05, 4.69) is 116 Å². The van der Waals surface area contributed by atoms with E-state index in [-0.39, 0.29) is 5.71 Å². The molecule has 0 bridgehead atoms. The van der Waals surface area contributed by atoms with Crippen molar-refractivity contribution in [2.75, 3.05) is 0 Å². The second kappa shape index (κ2) is 23.5. The highest BCUT2D eigenvalue weighted by molar-refractivity contribution is 5.26. The normalized spacial score (nSPS) is 33.4. The zero-order valence-electron chi connectivity index (χ0n) is 38.1. The van der Waals surface area contributed by atoms with Gasteiger partial charge in [0.15, 0.2) is 0 Å². The van der Waals surface area contributed by atoms with Crippen LogP contribution in [0.4, 0.5) is 0 Å². The quantitative estimate of drug-likeness (QED) is 0.272. The Morgan fingerprint density at radius 2 is 0.768 bits per heavy atom. The second-order valence-electron chi connectivity index (χ2n) is 21.0. The summed E-state index contributed by atoms with van der Waals surface area (Å²) in [4.78, 5) is 0. The van der Waals surface area contributed by atoms with Crippen LogP contribution in [0.3, 0.4) is 0 Å². The topological polar surface area (TPSA) is 0 Å². The molecule has 0 amide bonds. The van der Waals surface area contributed by atoms with Gasteiger partial charge in [0.1, 0.15) is 0 Å². The lowest BCUT2D eigenvalue weighted by molar-refractivity contribution is 0.200. The molecule has 0 aromatic heterocycles. The van der Waals surface area contributed by atoms with Crippen LogP contribution in [-0.2, 0) is 0 Å². The summed E-state index contributed by atoms with van der Waals surface area (Å²) in [7, 11) is 0. The maximum Gasteiger partial charge on any atom is 0 e. The van der Waals surface area contributed by atoms with Gasteiger partial charge in [0.25, 0.3) is 0 Å². The minimum absolute atomic E-state index is 0. The van der Waals surface area contributed by atoms with E-state index in [9.17, 15) is 0 Å². The molecule has 2 atom stereocenters. The molecule has 0 nitrogen and oxygen atoms in total. The van der Waals surface area contributed by atoms with Gasteiger partial charge in [-0.2, -0.15) is 0 Å². The van der Waals surface area contributed by atoms with Crippen molar-refractivity contribution >= 4 is 0 Å². The fourth-order valence-electron chi connectivity index (χ4n) is 11.0. The zero-order valence-corrected chi connectivity index (χ0v) is 38.1. The highest BCUT2D eigenvalue weighted by atomic mass is 14.3. The molecule has 4 fully saturated rings. The fraction of sp³-hybridized carbons (Fsp3) is 0.714. The number of hydrogen-bond acceptors (Lipinski definition) is 0. The first kappa shape index (κ1) is 45.0. The van der Waals surface area contributed by atoms with Crippen molar-refractivity contribution in [1.29, 1.82) is 0 Å². The first-order chi connectivity index (χ1) is 27.0. The smallest absolute Gasteiger partial charge is 0 e. The molecule has 0 radical (unpaired) electrons. The standard InChI is InChI=1S/2C14H24.2C14H20.4H2/c4*1-11-3-7-13(8-4-11)14-9-5-12(2)6-10-14;;;;/h7,11-12,14H,3-6,8-10H2,1-2H3;3,12-14H,4-10H2,1-2H3;2*3-4,7-8,12,14H,5-6,9-10H2,1-2H3;4*1H. The molecule has 6 aliphatic carbocycles. The molecule has 0 heteroatoms. The third-order valence-corrected chi connectivity index (χ3v) is 15.8. The Kier molecular flexibility index (Phi) is 18.9. The third-order valence-electron chi connectivity index (χ3n) is 15.8. The van der Waals surface area contributed by atoms with Crippen LogP contribution >= 0.6 is 0 Å². The van der Waals surface area contributed by atoms with E-state index in [0.717, 1.165) is 59.2 Å². The van der Waals surface area contributed by atoms with Gasteiger partial charge in [-0.15, -0.1) is 0 Å². The SMILES string of the molecule is CC1=CCC(C2CCC(C)CC2)CC1.CC1CC=C(C2CCC(C)CC2)CC1.Cc1ccc(C2CCC(C)CC2)cc1.Cc1ccc(C2CCC(C)CC2)cc1.[HH].[HH].[HH].[HH]. The first-order valence-electron chi connectivity index (χ1n) is 24.5. The van der Waals surface area contributed by atoms with Crippen molar-refractivity contribution in [1.82, 2.24) is 0 Å². The third kappa shape index (κ3) is 15.3. The summed E-state index contributed by atoms with van der Waals surface area (Å²) in [5.41, 5.74) is 9.31. The number of hydrogen-bond donors (Lipinski definition) is 0. The van der Waals surface area contributed by atoms with Gasteiger partial charge in [-0.05, 0) is 181 Å². The summed E-state index contributed by atoms with van der Waals surface area (Å²) in [5.74, 6) is 9.61. The van der Waals surface area contributed by atoms with E-state index >= 15 is 0 Å². The minimum Gasteiger partial charge on any atom is -0.0853 e. The molecular weight excluding hydrogens is 673 g/mol. The number of aryl methyl sites for hydroxylation is 2. The Hall–Kier alpha value is -2.08. The van der Waals surface area contributed by atoms with Crippen LogP contribution in [0.15, 0.2) is 71.8 Å². The number of rotatable bonds is 4. The van der Waals surface area contributed by atoms with Crippen molar-refractivity contribution in [2.24, 2.45) is 47.3 Å². The van der Waals surface area contributed by atoms with E-state index in [0.29, 0.717) is 0 Å². The zero-order chi connectivity index (χ0) is 39.9. The first-order valence-corrected chi connectivity index (χ1v) is 24.5. The van der Waals surface area contributed by atoms with Crippen LogP contribution in [0.2, 0.25) is 0 Å². The molecule has 2 aromatic carbocycles. The largest absolute Gasteiger partial charge is 0.0853 e. The Morgan fingerprint density at radius 3 is 1.14 bits per heavy atom. The van der Waals surface area contributed by atoms with Crippen LogP contribution in [0.25, 0.3) is 0 Å². The van der Waals surface area contributed by atoms with Crippen molar-refractivity contribution < 1.29 is 5.71 Å². The lowest BCUT2D eigenvalue weighted by Crippen LogP contribution is -2.22. The highest BCUT2D eigenvalue weighted by Crippen LogP contribution is 2.40. The van der Waals surface area contributed by atoms with E-state index in [1.807, 2.05) is 5.57 Å². The van der Waals surface area contributed by atoms with Crippen LogP contribution in [-0.4, -0.2) is 0 Å². The second-order valence-corrected chi connectivity index (χ2v) is 21.0. The monoisotopic (exact) mass is 769 g/mol. The molecule has 2 unspecified atom stereocenters. The maximum atomic E-state index is 2.56. The summed E-state index contributed by atoms with van der Waals surface area (Å²) in [5, 5.41) is 0. The minimum atomic E-state index is 0. The number of benzene rings is 2. The summed E-state index contributed by atoms with van der Waals surface area (Å²) in [6.45, 7) is 18.6. The predicted molar refractivity (Wildman–Crippen MR) is 256 cm³/mol. The highest BCUT2D eigenvalue weighted by Gasteiger charge is 2.27. The summed E-state index contributed by atoms with van der Waals surface area (Å²) in [6, 6.07) is 18.2. The Balaban J connectivity index is 0.000000391. The average Bonchev–Trinajstić information content (AvgIpc) is 3.21. The molecule has 0 saturated heterocycles. The molecular formula is C56H96. The predicted octanol–water partition coefficient (Wildman–Crippen LogP) is 18.7. The molecule has 2 aromatic rings. The number of allylic oxidation sites excluding steroid dienone is 4. The molecule has 0 aliphatic heterocycles. The van der Waals surface area contributed by atoms with Gasteiger partial charge < -0.3 is 0 Å². The Bertz CT molecular complexity index is 1360. The molecule has 56 heavy (non-hydrogen) atoms. The summed E-state index contributed by atoms with van der Waals surface area (Å²) in [6.07, 6.45) is 36.6.